The zero-order chi connectivity index (χ0) is 12.7. The Kier molecular flexibility index (Phi) is 5.48. The molecule has 0 aliphatic heterocycles. The first-order valence-corrected chi connectivity index (χ1v) is 5.59. The Hall–Kier alpha value is -1.56. The van der Waals surface area contributed by atoms with Crippen LogP contribution in [0.1, 0.15) is 19.4 Å². The van der Waals surface area contributed by atoms with Crippen LogP contribution in [0.4, 0.5) is 0 Å². The van der Waals surface area contributed by atoms with E-state index in [2.05, 4.69) is 18.4 Å². The maximum Gasteiger partial charge on any atom is 0.135 e. The monoisotopic (exact) mass is 230 g/mol. The van der Waals surface area contributed by atoms with Crippen LogP contribution in [0.25, 0.3) is 0 Å². The minimum atomic E-state index is -0.766. The summed E-state index contributed by atoms with van der Waals surface area (Å²) in [5, 5.41) is 9.43. The Morgan fingerprint density at radius 3 is 2.59 bits per heavy atom. The van der Waals surface area contributed by atoms with Crippen LogP contribution >= 0.6 is 0 Å². The van der Waals surface area contributed by atoms with Gasteiger partial charge >= 0.3 is 0 Å². The Morgan fingerprint density at radius 2 is 2.00 bits per heavy atom. The molecule has 2 nitrogen and oxygen atoms in total. The van der Waals surface area contributed by atoms with Crippen molar-refractivity contribution in [1.82, 2.24) is 0 Å². The molecule has 0 spiro atoms. The SMILES string of the molecule is C=C(C)[C@H](O)C#C[C@@H](C)OCc1ccccc1. The smallest absolute Gasteiger partial charge is 0.135 e. The zero-order valence-electron chi connectivity index (χ0n) is 10.3. The molecule has 17 heavy (non-hydrogen) atoms. The third-order valence-corrected chi connectivity index (χ3v) is 2.23. The van der Waals surface area contributed by atoms with Gasteiger partial charge in [-0.15, -0.1) is 0 Å². The average molecular weight is 230 g/mol. The highest BCUT2D eigenvalue weighted by molar-refractivity contribution is 5.19. The standard InChI is InChI=1S/C15H18O2/c1-12(2)15(16)10-9-13(3)17-11-14-7-5-4-6-8-14/h4-8,13,15-16H,1,11H2,2-3H3/t13-,15-/m1/s1. The van der Waals surface area contributed by atoms with Crippen molar-refractivity contribution in [1.29, 1.82) is 0 Å². The van der Waals surface area contributed by atoms with Gasteiger partial charge in [0.15, 0.2) is 0 Å². The van der Waals surface area contributed by atoms with Crippen molar-refractivity contribution in [2.24, 2.45) is 0 Å². The number of hydrogen-bond acceptors (Lipinski definition) is 2. The van der Waals surface area contributed by atoms with E-state index in [0.29, 0.717) is 12.2 Å². The summed E-state index contributed by atoms with van der Waals surface area (Å²) < 4.78 is 5.54. The van der Waals surface area contributed by atoms with Crippen molar-refractivity contribution in [3.8, 4) is 11.8 Å². The van der Waals surface area contributed by atoms with Gasteiger partial charge in [-0.25, -0.2) is 0 Å². The topological polar surface area (TPSA) is 29.5 Å². The number of rotatable bonds is 4. The first-order chi connectivity index (χ1) is 8.09. The molecule has 0 saturated carbocycles. The highest BCUT2D eigenvalue weighted by Gasteiger charge is 2.00. The number of benzene rings is 1. The lowest BCUT2D eigenvalue weighted by molar-refractivity contribution is 0.0897. The summed E-state index contributed by atoms with van der Waals surface area (Å²) in [5.41, 5.74) is 1.76. The fourth-order valence-corrected chi connectivity index (χ4v) is 1.16. The number of aliphatic hydroxyl groups excluding tert-OH is 1. The molecule has 1 aromatic rings. The summed E-state index contributed by atoms with van der Waals surface area (Å²) in [6.45, 7) is 7.77. The van der Waals surface area contributed by atoms with Crippen LogP contribution in [0.15, 0.2) is 42.5 Å². The fourth-order valence-electron chi connectivity index (χ4n) is 1.16. The van der Waals surface area contributed by atoms with Crippen molar-refractivity contribution < 1.29 is 9.84 Å². The first-order valence-electron chi connectivity index (χ1n) is 5.59. The van der Waals surface area contributed by atoms with E-state index in [1.54, 1.807) is 6.92 Å². The van der Waals surface area contributed by atoms with E-state index in [9.17, 15) is 5.11 Å². The number of hydrogen-bond donors (Lipinski definition) is 1. The van der Waals surface area contributed by atoms with E-state index >= 15 is 0 Å². The van der Waals surface area contributed by atoms with E-state index in [4.69, 9.17) is 4.74 Å². The second kappa shape index (κ2) is 6.90. The molecule has 0 amide bonds. The molecule has 0 aliphatic carbocycles. The summed E-state index contributed by atoms with van der Waals surface area (Å²) >= 11 is 0. The van der Waals surface area contributed by atoms with E-state index < -0.39 is 6.10 Å². The van der Waals surface area contributed by atoms with Crippen molar-refractivity contribution in [2.45, 2.75) is 32.7 Å². The van der Waals surface area contributed by atoms with Crippen molar-refractivity contribution in [3.05, 3.63) is 48.0 Å². The van der Waals surface area contributed by atoms with E-state index in [1.165, 1.54) is 0 Å². The van der Waals surface area contributed by atoms with Crippen LogP contribution in [-0.4, -0.2) is 17.3 Å². The molecule has 0 bridgehead atoms. The van der Waals surface area contributed by atoms with Crippen LogP contribution < -0.4 is 0 Å². The molecule has 1 aromatic carbocycles. The lowest BCUT2D eigenvalue weighted by Crippen LogP contribution is -2.08. The molecule has 0 aromatic heterocycles. The molecule has 90 valence electrons. The van der Waals surface area contributed by atoms with E-state index in [1.807, 2.05) is 37.3 Å². The van der Waals surface area contributed by atoms with Gasteiger partial charge in [-0.1, -0.05) is 48.8 Å². The van der Waals surface area contributed by atoms with Crippen LogP contribution in [0.2, 0.25) is 0 Å². The highest BCUT2D eigenvalue weighted by atomic mass is 16.5. The largest absolute Gasteiger partial charge is 0.376 e. The van der Waals surface area contributed by atoms with Gasteiger partial charge < -0.3 is 9.84 Å². The molecule has 1 rings (SSSR count). The predicted molar refractivity (Wildman–Crippen MR) is 69.3 cm³/mol. The molecule has 2 atom stereocenters. The second-order valence-corrected chi connectivity index (χ2v) is 3.98. The lowest BCUT2D eigenvalue weighted by atomic mass is 10.2. The number of aliphatic hydroxyl groups is 1. The summed E-state index contributed by atoms with van der Waals surface area (Å²) in [6.07, 6.45) is -0.970. The highest BCUT2D eigenvalue weighted by Crippen LogP contribution is 2.03. The quantitative estimate of drug-likeness (QED) is 0.636. The van der Waals surface area contributed by atoms with Crippen LogP contribution in [-0.2, 0) is 11.3 Å². The van der Waals surface area contributed by atoms with Crippen molar-refractivity contribution in [2.75, 3.05) is 0 Å². The van der Waals surface area contributed by atoms with Crippen molar-refractivity contribution >= 4 is 0 Å². The minimum Gasteiger partial charge on any atom is -0.376 e. The normalized spacial score (nSPS) is 13.4. The summed E-state index contributed by atoms with van der Waals surface area (Å²) in [5.74, 6) is 5.55. The van der Waals surface area contributed by atoms with Crippen LogP contribution in [0.5, 0.6) is 0 Å². The fraction of sp³-hybridized carbons (Fsp3) is 0.333. The maximum atomic E-state index is 9.43. The minimum absolute atomic E-state index is 0.204. The Morgan fingerprint density at radius 1 is 1.35 bits per heavy atom. The van der Waals surface area contributed by atoms with Gasteiger partial charge in [-0.3, -0.25) is 0 Å². The molecule has 0 radical (unpaired) electrons. The molecular formula is C15H18O2. The molecular weight excluding hydrogens is 212 g/mol. The van der Waals surface area contributed by atoms with Gasteiger partial charge in [-0.05, 0) is 25.0 Å². The van der Waals surface area contributed by atoms with Crippen LogP contribution in [0.3, 0.4) is 0 Å². The lowest BCUT2D eigenvalue weighted by Gasteiger charge is -2.07. The average Bonchev–Trinajstić information content (AvgIpc) is 2.34. The molecule has 2 heteroatoms. The predicted octanol–water partition coefficient (Wildman–Crippen LogP) is 2.53. The molecule has 0 fully saturated rings. The molecule has 0 heterocycles. The van der Waals surface area contributed by atoms with Crippen LogP contribution in [0, 0.1) is 11.8 Å². The third-order valence-electron chi connectivity index (χ3n) is 2.23. The number of ether oxygens (including phenoxy) is 1. The summed E-state index contributed by atoms with van der Waals surface area (Å²) in [4.78, 5) is 0. The van der Waals surface area contributed by atoms with Gasteiger partial charge in [0.05, 0.1) is 6.61 Å². The Bertz CT molecular complexity index is 412. The van der Waals surface area contributed by atoms with Gasteiger partial charge in [0, 0.05) is 0 Å². The first kappa shape index (κ1) is 13.5. The van der Waals surface area contributed by atoms with E-state index in [-0.39, 0.29) is 6.10 Å². The molecule has 0 saturated heterocycles. The van der Waals surface area contributed by atoms with Gasteiger partial charge in [0.1, 0.15) is 12.2 Å². The van der Waals surface area contributed by atoms with E-state index in [0.717, 1.165) is 5.56 Å². The Labute approximate surface area is 103 Å². The second-order valence-electron chi connectivity index (χ2n) is 3.98. The maximum absolute atomic E-state index is 9.43. The Balaban J connectivity index is 2.40. The van der Waals surface area contributed by atoms with Gasteiger partial charge in [0.2, 0.25) is 0 Å². The van der Waals surface area contributed by atoms with Crippen molar-refractivity contribution in [3.63, 3.8) is 0 Å². The summed E-state index contributed by atoms with van der Waals surface area (Å²) in [6, 6.07) is 9.92. The summed E-state index contributed by atoms with van der Waals surface area (Å²) in [7, 11) is 0. The third kappa shape index (κ3) is 5.35. The zero-order valence-corrected chi connectivity index (χ0v) is 10.3. The molecule has 1 N–H and O–H groups in total. The van der Waals surface area contributed by atoms with Gasteiger partial charge in [-0.2, -0.15) is 0 Å². The van der Waals surface area contributed by atoms with Gasteiger partial charge in [0.25, 0.3) is 0 Å². The molecule has 0 unspecified atom stereocenters. The molecule has 0 aliphatic rings.